The molecule has 0 saturated heterocycles. The Balaban J connectivity index is 2.07. The van der Waals surface area contributed by atoms with Gasteiger partial charge in [0, 0.05) is 18.4 Å². The largest absolute Gasteiger partial charge is 0.313 e. The van der Waals surface area contributed by atoms with Gasteiger partial charge in [-0.15, -0.1) is 0 Å². The van der Waals surface area contributed by atoms with E-state index < -0.39 is 0 Å². The van der Waals surface area contributed by atoms with Crippen LogP contribution in [0.15, 0.2) is 24.5 Å². The average molecular weight is 262 g/mol. The van der Waals surface area contributed by atoms with Crippen LogP contribution >= 0.6 is 0 Å². The number of unbranched alkanes of at least 4 members (excludes halogenated alkanes) is 7. The maximum absolute atomic E-state index is 4.20. The molecule has 0 aliphatic heterocycles. The van der Waals surface area contributed by atoms with Crippen molar-refractivity contribution in [3.8, 4) is 0 Å². The molecule has 1 rings (SSSR count). The van der Waals surface area contributed by atoms with E-state index in [4.69, 9.17) is 0 Å². The molecule has 19 heavy (non-hydrogen) atoms. The Kier molecular flexibility index (Phi) is 9.34. The zero-order valence-electron chi connectivity index (χ0n) is 12.7. The maximum atomic E-state index is 4.20. The molecule has 0 fully saturated rings. The van der Waals surface area contributed by atoms with Crippen molar-refractivity contribution in [1.82, 2.24) is 10.3 Å². The van der Waals surface area contributed by atoms with E-state index in [0.717, 1.165) is 0 Å². The quantitative estimate of drug-likeness (QED) is 0.575. The molecule has 1 N–H and O–H groups in total. The molecule has 0 aliphatic carbocycles. The number of aromatic nitrogens is 1. The molecule has 0 aliphatic rings. The second-order valence-electron chi connectivity index (χ2n) is 5.39. The normalized spacial score (nSPS) is 12.5. The lowest BCUT2D eigenvalue weighted by atomic mass is 10.0. The van der Waals surface area contributed by atoms with E-state index in [0.29, 0.717) is 6.04 Å². The third kappa shape index (κ3) is 7.31. The Labute approximate surface area is 119 Å². The van der Waals surface area contributed by atoms with E-state index >= 15 is 0 Å². The van der Waals surface area contributed by atoms with E-state index in [1.54, 1.807) is 0 Å². The first-order valence-corrected chi connectivity index (χ1v) is 7.95. The predicted molar refractivity (Wildman–Crippen MR) is 83.3 cm³/mol. The van der Waals surface area contributed by atoms with Gasteiger partial charge in [0.2, 0.25) is 0 Å². The zero-order chi connectivity index (χ0) is 13.8. The standard InChI is InChI=1S/C17H30N2/c1-3-4-5-6-7-8-9-10-13-17(18-2)16-12-11-14-19-15-16/h11-12,14-15,17-18H,3-10,13H2,1-2H3. The Morgan fingerprint density at radius 1 is 1.05 bits per heavy atom. The Morgan fingerprint density at radius 3 is 2.32 bits per heavy atom. The fraction of sp³-hybridized carbons (Fsp3) is 0.706. The third-order valence-electron chi connectivity index (χ3n) is 3.78. The van der Waals surface area contributed by atoms with Crippen molar-refractivity contribution in [2.45, 2.75) is 70.8 Å². The van der Waals surface area contributed by atoms with Crippen LogP contribution in [0.5, 0.6) is 0 Å². The smallest absolute Gasteiger partial charge is 0.0332 e. The molecule has 1 unspecified atom stereocenters. The fourth-order valence-electron chi connectivity index (χ4n) is 2.54. The molecular formula is C17H30N2. The van der Waals surface area contributed by atoms with Crippen LogP contribution in [-0.4, -0.2) is 12.0 Å². The van der Waals surface area contributed by atoms with Crippen LogP contribution < -0.4 is 5.32 Å². The summed E-state index contributed by atoms with van der Waals surface area (Å²) in [7, 11) is 2.04. The molecule has 1 heterocycles. The summed E-state index contributed by atoms with van der Waals surface area (Å²) in [5.41, 5.74) is 1.31. The number of pyridine rings is 1. The van der Waals surface area contributed by atoms with Gasteiger partial charge in [0.05, 0.1) is 0 Å². The van der Waals surface area contributed by atoms with E-state index in [2.05, 4.69) is 23.3 Å². The van der Waals surface area contributed by atoms with Crippen molar-refractivity contribution in [1.29, 1.82) is 0 Å². The van der Waals surface area contributed by atoms with Gasteiger partial charge in [0.1, 0.15) is 0 Å². The van der Waals surface area contributed by atoms with Crippen molar-refractivity contribution in [3.05, 3.63) is 30.1 Å². The van der Waals surface area contributed by atoms with Crippen molar-refractivity contribution in [2.24, 2.45) is 0 Å². The first-order chi connectivity index (χ1) is 9.38. The van der Waals surface area contributed by atoms with Crippen LogP contribution in [0.25, 0.3) is 0 Å². The summed E-state index contributed by atoms with van der Waals surface area (Å²) >= 11 is 0. The summed E-state index contributed by atoms with van der Waals surface area (Å²) in [6.07, 6.45) is 16.1. The molecule has 0 radical (unpaired) electrons. The van der Waals surface area contributed by atoms with Gasteiger partial charge in [0.25, 0.3) is 0 Å². The fourth-order valence-corrected chi connectivity index (χ4v) is 2.54. The summed E-state index contributed by atoms with van der Waals surface area (Å²) < 4.78 is 0. The number of hydrogen-bond donors (Lipinski definition) is 1. The molecule has 0 spiro atoms. The molecule has 1 atom stereocenters. The lowest BCUT2D eigenvalue weighted by molar-refractivity contribution is 0.493. The van der Waals surface area contributed by atoms with Crippen molar-refractivity contribution >= 4 is 0 Å². The van der Waals surface area contributed by atoms with Crippen molar-refractivity contribution in [2.75, 3.05) is 7.05 Å². The summed E-state index contributed by atoms with van der Waals surface area (Å²) in [4.78, 5) is 4.20. The first kappa shape index (κ1) is 16.2. The molecular weight excluding hydrogens is 232 g/mol. The summed E-state index contributed by atoms with van der Waals surface area (Å²) in [5.74, 6) is 0. The predicted octanol–water partition coefficient (Wildman–Crippen LogP) is 4.87. The summed E-state index contributed by atoms with van der Waals surface area (Å²) in [5, 5.41) is 3.40. The van der Waals surface area contributed by atoms with Gasteiger partial charge in [-0.25, -0.2) is 0 Å². The second-order valence-corrected chi connectivity index (χ2v) is 5.39. The third-order valence-corrected chi connectivity index (χ3v) is 3.78. The number of hydrogen-bond acceptors (Lipinski definition) is 2. The molecule has 1 aromatic rings. The average Bonchev–Trinajstić information content (AvgIpc) is 2.47. The minimum atomic E-state index is 0.466. The Bertz CT molecular complexity index is 297. The summed E-state index contributed by atoms with van der Waals surface area (Å²) in [6.45, 7) is 2.27. The first-order valence-electron chi connectivity index (χ1n) is 7.95. The van der Waals surface area contributed by atoms with E-state index in [9.17, 15) is 0 Å². The molecule has 0 saturated carbocycles. The van der Waals surface area contributed by atoms with Gasteiger partial charge in [-0.2, -0.15) is 0 Å². The highest BCUT2D eigenvalue weighted by Gasteiger charge is 2.07. The molecule has 0 bridgehead atoms. The van der Waals surface area contributed by atoms with Crippen LogP contribution in [0, 0.1) is 0 Å². The van der Waals surface area contributed by atoms with Crippen LogP contribution in [0.3, 0.4) is 0 Å². The van der Waals surface area contributed by atoms with E-state index in [1.165, 1.54) is 63.4 Å². The van der Waals surface area contributed by atoms with E-state index in [1.807, 2.05) is 25.5 Å². The highest BCUT2D eigenvalue weighted by atomic mass is 14.9. The number of nitrogens with zero attached hydrogens (tertiary/aromatic N) is 1. The molecule has 2 nitrogen and oxygen atoms in total. The SMILES string of the molecule is CCCCCCCCCCC(NC)c1cccnc1. The van der Waals surface area contributed by atoms with Gasteiger partial charge in [0.15, 0.2) is 0 Å². The van der Waals surface area contributed by atoms with Gasteiger partial charge in [-0.1, -0.05) is 64.4 Å². The number of nitrogens with one attached hydrogen (secondary N) is 1. The number of rotatable bonds is 11. The van der Waals surface area contributed by atoms with Crippen LogP contribution in [-0.2, 0) is 0 Å². The van der Waals surface area contributed by atoms with Gasteiger partial charge in [-0.05, 0) is 25.1 Å². The monoisotopic (exact) mass is 262 g/mol. The molecule has 2 heteroatoms. The lowest BCUT2D eigenvalue weighted by Crippen LogP contribution is -2.16. The minimum absolute atomic E-state index is 0.466. The Morgan fingerprint density at radius 2 is 1.74 bits per heavy atom. The zero-order valence-corrected chi connectivity index (χ0v) is 12.7. The van der Waals surface area contributed by atoms with Crippen LogP contribution in [0.4, 0.5) is 0 Å². The second kappa shape index (κ2) is 11.0. The topological polar surface area (TPSA) is 24.9 Å². The maximum Gasteiger partial charge on any atom is 0.0332 e. The summed E-state index contributed by atoms with van der Waals surface area (Å²) in [6, 6.07) is 4.65. The van der Waals surface area contributed by atoms with Crippen LogP contribution in [0.2, 0.25) is 0 Å². The molecule has 0 amide bonds. The lowest BCUT2D eigenvalue weighted by Gasteiger charge is -2.15. The van der Waals surface area contributed by atoms with Gasteiger partial charge >= 0.3 is 0 Å². The van der Waals surface area contributed by atoms with Crippen molar-refractivity contribution < 1.29 is 0 Å². The van der Waals surface area contributed by atoms with E-state index in [-0.39, 0.29) is 0 Å². The van der Waals surface area contributed by atoms with Crippen molar-refractivity contribution in [3.63, 3.8) is 0 Å². The Hall–Kier alpha value is -0.890. The van der Waals surface area contributed by atoms with Gasteiger partial charge < -0.3 is 5.32 Å². The molecule has 0 aromatic carbocycles. The van der Waals surface area contributed by atoms with Crippen LogP contribution in [0.1, 0.15) is 76.3 Å². The minimum Gasteiger partial charge on any atom is -0.313 e. The highest BCUT2D eigenvalue weighted by Crippen LogP contribution is 2.19. The molecule has 108 valence electrons. The molecule has 1 aromatic heterocycles. The highest BCUT2D eigenvalue weighted by molar-refractivity contribution is 5.13. The van der Waals surface area contributed by atoms with Gasteiger partial charge in [-0.3, -0.25) is 4.98 Å².